The number of ether oxygens (including phenoxy) is 1. The number of hydrogen-bond donors (Lipinski definition) is 1. The third-order valence-corrected chi connectivity index (χ3v) is 4.58. The van der Waals surface area contributed by atoms with Crippen molar-refractivity contribution in [1.82, 2.24) is 0 Å². The number of aliphatic hydroxyl groups is 1. The molecular formula is C25H21F3O2. The summed E-state index contributed by atoms with van der Waals surface area (Å²) < 4.78 is 47.5. The summed E-state index contributed by atoms with van der Waals surface area (Å²) in [7, 11) is 0. The molecule has 3 aromatic carbocycles. The highest BCUT2D eigenvalue weighted by Gasteiger charge is 2.15. The van der Waals surface area contributed by atoms with E-state index >= 15 is 0 Å². The Morgan fingerprint density at radius 2 is 1.63 bits per heavy atom. The summed E-state index contributed by atoms with van der Waals surface area (Å²) in [5.74, 6) is -2.36. The molecule has 1 atom stereocenters. The van der Waals surface area contributed by atoms with Crippen LogP contribution >= 0.6 is 0 Å². The predicted octanol–water partition coefficient (Wildman–Crippen LogP) is 6.56. The van der Waals surface area contributed by atoms with Crippen molar-refractivity contribution in [2.45, 2.75) is 13.0 Å². The molecule has 0 fully saturated rings. The van der Waals surface area contributed by atoms with Gasteiger partial charge in [0, 0.05) is 11.1 Å². The lowest BCUT2D eigenvalue weighted by atomic mass is 10.0. The normalized spacial score (nSPS) is 12.2. The number of rotatable bonds is 7. The lowest BCUT2D eigenvalue weighted by Crippen LogP contribution is -2.00. The summed E-state index contributed by atoms with van der Waals surface area (Å²) in [6.45, 7) is 5.13. The zero-order valence-corrected chi connectivity index (χ0v) is 16.4. The van der Waals surface area contributed by atoms with Gasteiger partial charge in [-0.3, -0.25) is 0 Å². The summed E-state index contributed by atoms with van der Waals surface area (Å²) in [6.07, 6.45) is 3.57. The number of benzene rings is 3. The topological polar surface area (TPSA) is 29.5 Å². The predicted molar refractivity (Wildman–Crippen MR) is 113 cm³/mol. The van der Waals surface area contributed by atoms with Crippen molar-refractivity contribution in [2.75, 3.05) is 6.61 Å². The molecule has 1 unspecified atom stereocenters. The van der Waals surface area contributed by atoms with Crippen LogP contribution in [0.2, 0.25) is 0 Å². The maximum Gasteiger partial charge on any atom is 0.166 e. The average molecular weight is 410 g/mol. The standard InChI is InChI=1S/C25H21F3O2/c1-3-14-30-23-13-11-20(15-22(23)26)18-7-4-17(5-8-18)6-9-19-10-12-21(16(2)29)25(28)24(19)27/h3-13,15-16,29H,1,14H2,2H3/b9-6+. The van der Waals surface area contributed by atoms with E-state index in [1.165, 1.54) is 31.2 Å². The van der Waals surface area contributed by atoms with E-state index in [1.807, 2.05) is 12.1 Å². The third-order valence-electron chi connectivity index (χ3n) is 4.58. The second kappa shape index (κ2) is 9.46. The summed E-state index contributed by atoms with van der Waals surface area (Å²) >= 11 is 0. The minimum absolute atomic E-state index is 0.0813. The lowest BCUT2D eigenvalue weighted by molar-refractivity contribution is 0.192. The third kappa shape index (κ3) is 4.81. The van der Waals surface area contributed by atoms with Crippen molar-refractivity contribution < 1.29 is 23.0 Å². The van der Waals surface area contributed by atoms with E-state index in [0.717, 1.165) is 11.1 Å². The molecule has 30 heavy (non-hydrogen) atoms. The molecule has 0 saturated carbocycles. The summed E-state index contributed by atoms with van der Waals surface area (Å²) in [6, 6.07) is 14.7. The van der Waals surface area contributed by atoms with E-state index in [4.69, 9.17) is 4.74 Å². The number of hydrogen-bond acceptors (Lipinski definition) is 2. The molecule has 0 radical (unpaired) electrons. The Morgan fingerprint density at radius 1 is 0.933 bits per heavy atom. The van der Waals surface area contributed by atoms with Gasteiger partial charge in [-0.1, -0.05) is 67.3 Å². The Labute approximate surface area is 173 Å². The molecule has 0 aromatic heterocycles. The van der Waals surface area contributed by atoms with E-state index in [1.54, 1.807) is 36.4 Å². The van der Waals surface area contributed by atoms with Crippen LogP contribution in [0.5, 0.6) is 5.75 Å². The molecule has 154 valence electrons. The average Bonchev–Trinajstić information content (AvgIpc) is 2.74. The van der Waals surface area contributed by atoms with Crippen molar-refractivity contribution in [3.05, 3.63) is 101 Å². The van der Waals surface area contributed by atoms with E-state index in [0.29, 0.717) is 5.56 Å². The van der Waals surface area contributed by atoms with Gasteiger partial charge in [0.25, 0.3) is 0 Å². The van der Waals surface area contributed by atoms with Gasteiger partial charge in [-0.15, -0.1) is 0 Å². The van der Waals surface area contributed by atoms with Gasteiger partial charge in [0.1, 0.15) is 6.61 Å². The van der Waals surface area contributed by atoms with Crippen molar-refractivity contribution in [1.29, 1.82) is 0 Å². The zero-order valence-electron chi connectivity index (χ0n) is 16.4. The molecule has 0 amide bonds. The quantitative estimate of drug-likeness (QED) is 0.353. The molecule has 0 aliphatic carbocycles. The fourth-order valence-electron chi connectivity index (χ4n) is 2.95. The molecule has 2 nitrogen and oxygen atoms in total. The largest absolute Gasteiger partial charge is 0.486 e. The van der Waals surface area contributed by atoms with Crippen LogP contribution in [0.3, 0.4) is 0 Å². The highest BCUT2D eigenvalue weighted by atomic mass is 19.2. The van der Waals surface area contributed by atoms with Crippen LogP contribution in [-0.2, 0) is 0 Å². The highest BCUT2D eigenvalue weighted by molar-refractivity contribution is 5.72. The van der Waals surface area contributed by atoms with Gasteiger partial charge < -0.3 is 9.84 Å². The van der Waals surface area contributed by atoms with Gasteiger partial charge in [0.05, 0.1) is 6.10 Å². The van der Waals surface area contributed by atoms with E-state index in [2.05, 4.69) is 6.58 Å². The Kier molecular flexibility index (Phi) is 6.75. The van der Waals surface area contributed by atoms with Crippen LogP contribution in [-0.4, -0.2) is 11.7 Å². The zero-order chi connectivity index (χ0) is 21.7. The van der Waals surface area contributed by atoms with Crippen molar-refractivity contribution in [2.24, 2.45) is 0 Å². The van der Waals surface area contributed by atoms with E-state index in [9.17, 15) is 18.3 Å². The molecular weight excluding hydrogens is 389 g/mol. The fourth-order valence-corrected chi connectivity index (χ4v) is 2.95. The second-order valence-electron chi connectivity index (χ2n) is 6.75. The molecule has 0 aliphatic heterocycles. The molecule has 0 aliphatic rings. The van der Waals surface area contributed by atoms with Crippen molar-refractivity contribution in [3.8, 4) is 16.9 Å². The van der Waals surface area contributed by atoms with Crippen molar-refractivity contribution >= 4 is 12.2 Å². The van der Waals surface area contributed by atoms with Crippen LogP contribution in [0.1, 0.15) is 29.7 Å². The number of halogens is 3. The van der Waals surface area contributed by atoms with Gasteiger partial charge in [-0.25, -0.2) is 13.2 Å². The Bertz CT molecular complexity index is 1070. The monoisotopic (exact) mass is 410 g/mol. The Hall–Kier alpha value is -3.31. The minimum atomic E-state index is -1.09. The first-order valence-electron chi connectivity index (χ1n) is 9.38. The van der Waals surface area contributed by atoms with Gasteiger partial charge in [-0.05, 0) is 35.7 Å². The van der Waals surface area contributed by atoms with Gasteiger partial charge >= 0.3 is 0 Å². The fraction of sp³-hybridized carbons (Fsp3) is 0.120. The minimum Gasteiger partial charge on any atom is -0.486 e. The van der Waals surface area contributed by atoms with Crippen LogP contribution in [0.25, 0.3) is 23.3 Å². The Morgan fingerprint density at radius 3 is 2.27 bits per heavy atom. The molecule has 0 bridgehead atoms. The van der Waals surface area contributed by atoms with Gasteiger partial charge in [-0.2, -0.15) is 0 Å². The summed E-state index contributed by atoms with van der Waals surface area (Å²) in [5.41, 5.74) is 2.26. The molecule has 3 rings (SSSR count). The maximum atomic E-state index is 14.2. The van der Waals surface area contributed by atoms with Crippen LogP contribution in [0.15, 0.2) is 67.3 Å². The summed E-state index contributed by atoms with van der Waals surface area (Å²) in [4.78, 5) is 0. The summed E-state index contributed by atoms with van der Waals surface area (Å²) in [5, 5.41) is 9.46. The highest BCUT2D eigenvalue weighted by Crippen LogP contribution is 2.27. The van der Waals surface area contributed by atoms with Gasteiger partial charge in [0.2, 0.25) is 0 Å². The lowest BCUT2D eigenvalue weighted by Gasteiger charge is -2.08. The van der Waals surface area contributed by atoms with E-state index in [-0.39, 0.29) is 23.5 Å². The van der Waals surface area contributed by atoms with Gasteiger partial charge in [0.15, 0.2) is 23.2 Å². The van der Waals surface area contributed by atoms with E-state index < -0.39 is 23.6 Å². The first-order chi connectivity index (χ1) is 14.4. The first-order valence-corrected chi connectivity index (χ1v) is 9.38. The van der Waals surface area contributed by atoms with Crippen LogP contribution in [0.4, 0.5) is 13.2 Å². The van der Waals surface area contributed by atoms with Crippen LogP contribution in [0, 0.1) is 17.5 Å². The Balaban J connectivity index is 1.77. The maximum absolute atomic E-state index is 14.2. The molecule has 0 saturated heterocycles. The first kappa shape index (κ1) is 21.4. The van der Waals surface area contributed by atoms with Crippen LogP contribution < -0.4 is 4.74 Å². The van der Waals surface area contributed by atoms with Crippen molar-refractivity contribution in [3.63, 3.8) is 0 Å². The molecule has 3 aromatic rings. The molecule has 0 spiro atoms. The second-order valence-corrected chi connectivity index (χ2v) is 6.75. The molecule has 1 N–H and O–H groups in total. The molecule has 5 heteroatoms. The smallest absolute Gasteiger partial charge is 0.166 e. The SMILES string of the molecule is C=CCOc1ccc(-c2ccc(/C=C/c3ccc(C(C)O)c(F)c3F)cc2)cc1F. The number of aliphatic hydroxyl groups excluding tert-OH is 1. The molecule has 0 heterocycles.